The Bertz CT molecular complexity index is 566. The molecule has 0 aromatic heterocycles. The molecular weight excluding hydrogens is 320 g/mol. The third-order valence-corrected chi connectivity index (χ3v) is 5.37. The molecule has 0 spiro atoms. The van der Waals surface area contributed by atoms with Crippen molar-refractivity contribution < 1.29 is 14.8 Å². The van der Waals surface area contributed by atoms with Crippen molar-refractivity contribution in [2.75, 3.05) is 19.6 Å². The molecule has 1 heterocycles. The van der Waals surface area contributed by atoms with Gasteiger partial charge in [0.2, 0.25) is 0 Å². The molecule has 1 atom stereocenters. The molecule has 6 heteroatoms. The maximum atomic E-state index is 10.9. The Labute approximate surface area is 148 Å². The van der Waals surface area contributed by atoms with Crippen molar-refractivity contribution in [1.29, 1.82) is 0 Å². The molecule has 0 bridgehead atoms. The first-order valence-electron chi connectivity index (χ1n) is 9.42. The van der Waals surface area contributed by atoms with Crippen LogP contribution in [0.3, 0.4) is 0 Å². The van der Waals surface area contributed by atoms with Crippen LogP contribution in [0.5, 0.6) is 0 Å². The summed E-state index contributed by atoms with van der Waals surface area (Å²) >= 11 is 0. The maximum Gasteiger partial charge on any atom is 0.269 e. The molecule has 3 rings (SSSR count). The van der Waals surface area contributed by atoms with Crippen LogP contribution in [0.25, 0.3) is 0 Å². The first-order valence-corrected chi connectivity index (χ1v) is 9.42. The lowest BCUT2D eigenvalue weighted by Crippen LogP contribution is -2.40. The average molecular weight is 348 g/mol. The van der Waals surface area contributed by atoms with Crippen molar-refractivity contribution in [2.24, 2.45) is 0 Å². The zero-order valence-electron chi connectivity index (χ0n) is 14.7. The van der Waals surface area contributed by atoms with Gasteiger partial charge in [-0.1, -0.05) is 31.4 Å². The maximum absolute atomic E-state index is 10.9. The first-order chi connectivity index (χ1) is 12.1. The molecule has 2 aliphatic rings. The van der Waals surface area contributed by atoms with Crippen LogP contribution in [0.1, 0.15) is 56.6 Å². The van der Waals surface area contributed by atoms with Gasteiger partial charge < -0.3 is 14.7 Å². The van der Waals surface area contributed by atoms with Gasteiger partial charge in [-0.05, 0) is 31.2 Å². The molecule has 1 aliphatic heterocycles. The molecule has 0 radical (unpaired) electrons. The highest BCUT2D eigenvalue weighted by Gasteiger charge is 2.25. The normalized spacial score (nSPS) is 22.0. The van der Waals surface area contributed by atoms with Gasteiger partial charge in [-0.15, -0.1) is 0 Å². The molecule has 2 fully saturated rings. The number of hydrogen-bond donors (Lipinski definition) is 1. The fraction of sp³-hybridized carbons (Fsp3) is 0.684. The van der Waals surface area contributed by atoms with Gasteiger partial charge in [0.1, 0.15) is 0 Å². The van der Waals surface area contributed by atoms with Crippen molar-refractivity contribution >= 4 is 5.69 Å². The second kappa shape index (κ2) is 8.74. The number of aliphatic hydroxyl groups excluding tert-OH is 1. The summed E-state index contributed by atoms with van der Waals surface area (Å²) in [5.74, 6) is 0. The molecule has 1 aromatic rings. The summed E-state index contributed by atoms with van der Waals surface area (Å²) in [5.41, 5.74) is 0.630. The molecule has 6 nitrogen and oxygen atoms in total. The first kappa shape index (κ1) is 18.3. The van der Waals surface area contributed by atoms with E-state index in [-0.39, 0.29) is 5.69 Å². The summed E-state index contributed by atoms with van der Waals surface area (Å²) in [6, 6.07) is 6.28. The van der Waals surface area contributed by atoms with Crippen LogP contribution in [0.4, 0.5) is 5.69 Å². The number of non-ortho nitro benzene ring substituents is 1. The van der Waals surface area contributed by atoms with Gasteiger partial charge in [0.15, 0.2) is 0 Å². The summed E-state index contributed by atoms with van der Waals surface area (Å²) in [6.07, 6.45) is 8.41. The largest absolute Gasteiger partial charge is 0.387 e. The van der Waals surface area contributed by atoms with Crippen molar-refractivity contribution in [1.82, 2.24) is 4.90 Å². The third-order valence-electron chi connectivity index (χ3n) is 5.37. The van der Waals surface area contributed by atoms with Crippen molar-refractivity contribution in [3.05, 3.63) is 39.9 Å². The molecule has 1 saturated carbocycles. The highest BCUT2D eigenvalue weighted by atomic mass is 16.6. The molecule has 1 unspecified atom stereocenters. The number of nitro benzene ring substituents is 1. The number of nitro groups is 1. The monoisotopic (exact) mass is 348 g/mol. The van der Waals surface area contributed by atoms with E-state index in [9.17, 15) is 15.2 Å². The lowest BCUT2D eigenvalue weighted by Gasteiger charge is -2.35. The Balaban J connectivity index is 1.45. The van der Waals surface area contributed by atoms with Crippen LogP contribution in [-0.2, 0) is 4.74 Å². The van der Waals surface area contributed by atoms with Gasteiger partial charge in [-0.3, -0.25) is 10.1 Å². The van der Waals surface area contributed by atoms with E-state index < -0.39 is 11.0 Å². The number of piperidine rings is 1. The highest BCUT2D eigenvalue weighted by Crippen LogP contribution is 2.26. The van der Waals surface area contributed by atoms with Crippen LogP contribution in [0, 0.1) is 10.1 Å². The SMILES string of the molecule is O=[N+]([O-])c1cccc(C(O)CN2CCC(OC3CCCCC3)CC2)c1. The van der Waals surface area contributed by atoms with E-state index in [4.69, 9.17) is 4.74 Å². The second-order valence-corrected chi connectivity index (χ2v) is 7.26. The van der Waals surface area contributed by atoms with E-state index in [1.165, 1.54) is 44.2 Å². The van der Waals surface area contributed by atoms with E-state index in [0.717, 1.165) is 25.9 Å². The molecule has 1 saturated heterocycles. The number of benzene rings is 1. The number of β-amino-alcohol motifs (C(OH)–C–C–N with tert-alkyl or cyclic N) is 1. The summed E-state index contributed by atoms with van der Waals surface area (Å²) in [5, 5.41) is 21.3. The van der Waals surface area contributed by atoms with Crippen LogP contribution in [0.2, 0.25) is 0 Å². The minimum atomic E-state index is -0.698. The number of hydrogen-bond acceptors (Lipinski definition) is 5. The summed E-state index contributed by atoms with van der Waals surface area (Å²) < 4.78 is 6.25. The van der Waals surface area contributed by atoms with Gasteiger partial charge in [0.05, 0.1) is 23.2 Å². The topological polar surface area (TPSA) is 75.8 Å². The number of rotatable bonds is 6. The van der Waals surface area contributed by atoms with Crippen molar-refractivity contribution in [3.8, 4) is 0 Å². The van der Waals surface area contributed by atoms with Gasteiger partial charge in [-0.25, -0.2) is 0 Å². The number of nitrogens with zero attached hydrogens (tertiary/aromatic N) is 2. The highest BCUT2D eigenvalue weighted by molar-refractivity contribution is 5.35. The van der Waals surface area contributed by atoms with Gasteiger partial charge in [0, 0.05) is 31.8 Å². The van der Waals surface area contributed by atoms with E-state index >= 15 is 0 Å². The Morgan fingerprint density at radius 3 is 2.52 bits per heavy atom. The minimum Gasteiger partial charge on any atom is -0.387 e. The average Bonchev–Trinajstić information content (AvgIpc) is 2.64. The van der Waals surface area contributed by atoms with E-state index in [1.807, 2.05) is 0 Å². The smallest absolute Gasteiger partial charge is 0.269 e. The predicted molar refractivity (Wildman–Crippen MR) is 95.5 cm³/mol. The minimum absolute atomic E-state index is 0.0242. The Morgan fingerprint density at radius 2 is 1.84 bits per heavy atom. The van der Waals surface area contributed by atoms with Crippen LogP contribution < -0.4 is 0 Å². The zero-order chi connectivity index (χ0) is 17.6. The van der Waals surface area contributed by atoms with Gasteiger partial charge in [0.25, 0.3) is 5.69 Å². The fourth-order valence-electron chi connectivity index (χ4n) is 3.90. The van der Waals surface area contributed by atoms with Crippen molar-refractivity contribution in [2.45, 2.75) is 63.3 Å². The van der Waals surface area contributed by atoms with Crippen LogP contribution in [0.15, 0.2) is 24.3 Å². The summed E-state index contributed by atoms with van der Waals surface area (Å²) in [4.78, 5) is 12.7. The molecule has 1 N–H and O–H groups in total. The second-order valence-electron chi connectivity index (χ2n) is 7.26. The lowest BCUT2D eigenvalue weighted by atomic mass is 9.97. The zero-order valence-corrected chi connectivity index (χ0v) is 14.7. The lowest BCUT2D eigenvalue weighted by molar-refractivity contribution is -0.385. The molecule has 138 valence electrons. The fourth-order valence-corrected chi connectivity index (χ4v) is 3.90. The standard InChI is InChI=1S/C19H28N2O4/c22-19(15-5-4-6-16(13-15)21(23)24)14-20-11-9-18(10-12-20)25-17-7-2-1-3-8-17/h4-6,13,17-19,22H,1-3,7-12,14H2. The molecule has 0 amide bonds. The van der Waals surface area contributed by atoms with Gasteiger partial charge >= 0.3 is 0 Å². The molecule has 1 aromatic carbocycles. The van der Waals surface area contributed by atoms with E-state index in [1.54, 1.807) is 12.1 Å². The quantitative estimate of drug-likeness (QED) is 0.629. The van der Waals surface area contributed by atoms with Crippen LogP contribution >= 0.6 is 0 Å². The Kier molecular flexibility index (Phi) is 6.39. The van der Waals surface area contributed by atoms with Crippen LogP contribution in [-0.4, -0.2) is 46.8 Å². The Hall–Kier alpha value is -1.50. The number of aliphatic hydroxyl groups is 1. The van der Waals surface area contributed by atoms with Gasteiger partial charge in [-0.2, -0.15) is 0 Å². The summed E-state index contributed by atoms with van der Waals surface area (Å²) in [7, 11) is 0. The van der Waals surface area contributed by atoms with Crippen molar-refractivity contribution in [3.63, 3.8) is 0 Å². The number of ether oxygens (including phenoxy) is 1. The van der Waals surface area contributed by atoms with E-state index in [0.29, 0.717) is 24.3 Å². The Morgan fingerprint density at radius 1 is 1.16 bits per heavy atom. The predicted octanol–water partition coefficient (Wildman–Crippen LogP) is 3.44. The summed E-state index contributed by atoms with van der Waals surface area (Å²) in [6.45, 7) is 2.32. The molecule has 1 aliphatic carbocycles. The number of likely N-dealkylation sites (tertiary alicyclic amines) is 1. The molecular formula is C19H28N2O4. The third kappa shape index (κ3) is 5.23. The molecule has 25 heavy (non-hydrogen) atoms. The van der Waals surface area contributed by atoms with E-state index in [2.05, 4.69) is 4.90 Å².